The number of aromatic nitrogens is 1. The van der Waals surface area contributed by atoms with Crippen LogP contribution in [0.25, 0.3) is 16.5 Å². The van der Waals surface area contributed by atoms with E-state index < -0.39 is 11.9 Å². The number of allylic oxidation sites excluding steroid dienone is 2. The minimum Gasteiger partial charge on any atom is -0.387 e. The Labute approximate surface area is 347 Å². The molecule has 8 rings (SSSR count). The van der Waals surface area contributed by atoms with Gasteiger partial charge in [0, 0.05) is 78.7 Å². The lowest BCUT2D eigenvalue weighted by atomic mass is 9.79. The Morgan fingerprint density at radius 3 is 1.90 bits per heavy atom. The SMILES string of the molecule is C1CCCCC1.C=C(C)C#N.C=CC#N.CCN(CC)C(=O)[C@@H]1C=C2c3cccc4[nH]cc(c34)C[C@H]2N(C)C1.O=C1C=CC(=O)N1c1ccccc1.O=C1C=CC(=O)O1. The minimum absolute atomic E-state index is 0.0445. The van der Waals surface area contributed by atoms with Crippen LogP contribution in [0.5, 0.6) is 0 Å². The zero-order valence-corrected chi connectivity index (χ0v) is 34.5. The van der Waals surface area contributed by atoms with Crippen LogP contribution in [0.1, 0.15) is 70.4 Å². The van der Waals surface area contributed by atoms with Crippen LogP contribution in [-0.4, -0.2) is 77.2 Å². The van der Waals surface area contributed by atoms with E-state index in [1.54, 1.807) is 37.3 Å². The number of aromatic amines is 1. The summed E-state index contributed by atoms with van der Waals surface area (Å²) < 4.78 is 3.97. The molecule has 1 fully saturated rings. The van der Waals surface area contributed by atoms with E-state index in [0.29, 0.717) is 17.3 Å². The van der Waals surface area contributed by atoms with Crippen LogP contribution in [0.15, 0.2) is 110 Å². The normalized spacial score (nSPS) is 18.1. The molecule has 3 aromatic rings. The zero-order chi connectivity index (χ0) is 43.3. The number of rotatable bonds is 4. The van der Waals surface area contributed by atoms with Crippen molar-refractivity contribution in [3.8, 4) is 12.1 Å². The second-order valence-electron chi connectivity index (χ2n) is 14.0. The molecule has 3 aliphatic heterocycles. The first-order valence-corrected chi connectivity index (χ1v) is 19.8. The zero-order valence-electron chi connectivity index (χ0n) is 34.5. The maximum Gasteiger partial charge on any atom is 0.338 e. The van der Waals surface area contributed by atoms with Crippen molar-refractivity contribution in [2.24, 2.45) is 5.92 Å². The van der Waals surface area contributed by atoms with E-state index >= 15 is 0 Å². The van der Waals surface area contributed by atoms with Gasteiger partial charge in [-0.2, -0.15) is 10.5 Å². The van der Waals surface area contributed by atoms with E-state index in [-0.39, 0.29) is 23.6 Å². The summed E-state index contributed by atoms with van der Waals surface area (Å²) in [6.45, 7) is 14.6. The fraction of sp³-hybridized carbons (Fsp3) is 0.340. The number of hydrogen-bond donors (Lipinski definition) is 1. The Balaban J connectivity index is 0.000000221. The molecular formula is C47H54N6O6. The number of nitrogens with zero attached hydrogens (tertiary/aromatic N) is 5. The number of hydrogen-bond acceptors (Lipinski definition) is 9. The number of anilines is 1. The van der Waals surface area contributed by atoms with Gasteiger partial charge in [0.05, 0.1) is 23.7 Å². The van der Waals surface area contributed by atoms with Crippen molar-refractivity contribution in [2.45, 2.75) is 71.8 Å². The second kappa shape index (κ2) is 24.2. The number of benzene rings is 2. The third-order valence-corrected chi connectivity index (χ3v) is 9.82. The van der Waals surface area contributed by atoms with Gasteiger partial charge in [0.25, 0.3) is 11.8 Å². The maximum atomic E-state index is 12.9. The van der Waals surface area contributed by atoms with E-state index in [4.69, 9.17) is 10.5 Å². The Hall–Kier alpha value is -6.63. The maximum absolute atomic E-state index is 12.9. The molecule has 4 heterocycles. The molecule has 2 aromatic carbocycles. The lowest BCUT2D eigenvalue weighted by Crippen LogP contribution is -2.47. The number of carbonyl (C=O) groups is 5. The number of para-hydroxylation sites is 1. The van der Waals surface area contributed by atoms with Crippen molar-refractivity contribution in [3.63, 3.8) is 0 Å². The summed E-state index contributed by atoms with van der Waals surface area (Å²) >= 11 is 0. The molecular weight excluding hydrogens is 745 g/mol. The first kappa shape index (κ1) is 46.8. The van der Waals surface area contributed by atoms with Crippen LogP contribution < -0.4 is 4.90 Å². The second-order valence-corrected chi connectivity index (χ2v) is 14.0. The third kappa shape index (κ3) is 13.8. The van der Waals surface area contributed by atoms with Crippen LogP contribution in [-0.2, 0) is 35.1 Å². The van der Waals surface area contributed by atoms with Crippen LogP contribution in [0, 0.1) is 28.6 Å². The smallest absolute Gasteiger partial charge is 0.338 e. The number of likely N-dealkylation sites (N-methyl/N-ethyl adjacent to an activating group) is 1. The highest BCUT2D eigenvalue weighted by Gasteiger charge is 2.36. The summed E-state index contributed by atoms with van der Waals surface area (Å²) in [6, 6.07) is 19.2. The highest BCUT2D eigenvalue weighted by atomic mass is 16.6. The molecule has 2 atom stereocenters. The first-order chi connectivity index (χ1) is 28.4. The molecule has 59 heavy (non-hydrogen) atoms. The van der Waals surface area contributed by atoms with Gasteiger partial charge in [-0.1, -0.05) is 88.1 Å². The molecule has 0 saturated heterocycles. The van der Waals surface area contributed by atoms with Gasteiger partial charge in [0.1, 0.15) is 0 Å². The van der Waals surface area contributed by atoms with Crippen LogP contribution in [0.3, 0.4) is 0 Å². The molecule has 308 valence electrons. The Morgan fingerprint density at radius 1 is 0.898 bits per heavy atom. The predicted molar refractivity (Wildman–Crippen MR) is 230 cm³/mol. The molecule has 12 heteroatoms. The summed E-state index contributed by atoms with van der Waals surface area (Å²) in [5.41, 5.74) is 6.38. The van der Waals surface area contributed by atoms with Crippen molar-refractivity contribution < 1.29 is 28.7 Å². The summed E-state index contributed by atoms with van der Waals surface area (Å²) in [4.78, 5) is 64.0. The van der Waals surface area contributed by atoms with Crippen molar-refractivity contribution >= 4 is 51.8 Å². The Morgan fingerprint density at radius 2 is 1.44 bits per heavy atom. The van der Waals surface area contributed by atoms with Crippen molar-refractivity contribution in [2.75, 3.05) is 31.6 Å². The molecule has 0 spiro atoms. The van der Waals surface area contributed by atoms with E-state index in [0.717, 1.165) is 43.1 Å². The topological polar surface area (TPSA) is 168 Å². The average molecular weight is 799 g/mol. The molecule has 1 aromatic heterocycles. The molecule has 2 aliphatic carbocycles. The van der Waals surface area contributed by atoms with Gasteiger partial charge in [0.15, 0.2) is 0 Å². The number of amides is 3. The standard InChI is InChI=1S/C20H25N3O.C10H7NO2.C6H12.C4H5N.C4H2O3.C3H3N/c1-4-23(5-2)20(24)14-9-16-15-7-6-8-17-19(15)13(11-21-17)10-18(16)22(3)12-14;12-9-6-7-10(13)11(9)8-4-2-1-3-5-8;1-2-4-6-5-3-1;1-4(2)3-5;5-3-1-2-4(6)7-3;1-2-3-4/h6-9,11,14,18,21H,4-5,10,12H2,1-3H3;1-7H;1-6H2;1H2,2H3;1-2H;2H,1H2/t14-,18-;;;;;/m1...../s1. The van der Waals surface area contributed by atoms with E-state index in [1.165, 1.54) is 84.4 Å². The lowest BCUT2D eigenvalue weighted by Gasteiger charge is -2.40. The van der Waals surface area contributed by atoms with E-state index in [1.807, 2.05) is 17.0 Å². The largest absolute Gasteiger partial charge is 0.387 e. The molecule has 12 nitrogen and oxygen atoms in total. The number of nitrogens with one attached hydrogen (secondary N) is 1. The van der Waals surface area contributed by atoms with Gasteiger partial charge in [-0.15, -0.1) is 0 Å². The molecule has 1 N–H and O–H groups in total. The van der Waals surface area contributed by atoms with Crippen LogP contribution >= 0.6 is 0 Å². The third-order valence-electron chi connectivity index (χ3n) is 9.82. The monoisotopic (exact) mass is 798 g/mol. The number of cyclic esters (lactones) is 2. The summed E-state index contributed by atoms with van der Waals surface area (Å²) in [5.74, 6) is -1.51. The van der Waals surface area contributed by atoms with E-state index in [9.17, 15) is 24.0 Å². The summed E-state index contributed by atoms with van der Waals surface area (Å²) in [7, 11) is 2.15. The molecule has 0 unspecified atom stereocenters. The molecule has 1 saturated carbocycles. The van der Waals surface area contributed by atoms with Crippen LogP contribution in [0.4, 0.5) is 5.69 Å². The highest BCUT2D eigenvalue weighted by molar-refractivity contribution is 6.28. The van der Waals surface area contributed by atoms with Crippen molar-refractivity contribution in [1.82, 2.24) is 14.8 Å². The number of fused-ring (bicyclic) bond motifs is 2. The summed E-state index contributed by atoms with van der Waals surface area (Å²) in [6.07, 6.45) is 20.3. The van der Waals surface area contributed by atoms with Gasteiger partial charge in [0.2, 0.25) is 5.91 Å². The van der Waals surface area contributed by atoms with E-state index in [2.05, 4.69) is 79.1 Å². The fourth-order valence-corrected chi connectivity index (χ4v) is 6.97. The fourth-order valence-electron chi connectivity index (χ4n) is 6.97. The quantitative estimate of drug-likeness (QED) is 0.120. The number of nitriles is 2. The lowest BCUT2D eigenvalue weighted by molar-refractivity contribution is -0.150. The van der Waals surface area contributed by atoms with Crippen LogP contribution in [0.2, 0.25) is 0 Å². The van der Waals surface area contributed by atoms with Crippen molar-refractivity contribution in [3.05, 3.63) is 121 Å². The van der Waals surface area contributed by atoms with Gasteiger partial charge in [-0.05, 0) is 69.1 Å². The van der Waals surface area contributed by atoms with Gasteiger partial charge in [-0.3, -0.25) is 19.3 Å². The molecule has 3 amide bonds. The number of ether oxygens (including phenoxy) is 1. The predicted octanol–water partition coefficient (Wildman–Crippen LogP) is 7.77. The van der Waals surface area contributed by atoms with Gasteiger partial charge in [-0.25, -0.2) is 14.5 Å². The number of imide groups is 1. The molecule has 0 bridgehead atoms. The summed E-state index contributed by atoms with van der Waals surface area (Å²) in [5, 5.41) is 16.6. The Bertz CT molecular complexity index is 2100. The van der Waals surface area contributed by atoms with Gasteiger partial charge >= 0.3 is 11.9 Å². The number of esters is 2. The highest BCUT2D eigenvalue weighted by Crippen LogP contribution is 2.41. The minimum atomic E-state index is -0.579. The first-order valence-electron chi connectivity index (χ1n) is 19.8. The van der Waals surface area contributed by atoms with Crippen molar-refractivity contribution in [1.29, 1.82) is 10.5 Å². The average Bonchev–Trinajstić information content (AvgIpc) is 3.97. The number of carbonyl (C=O) groups excluding carboxylic acids is 5. The number of H-pyrrole nitrogens is 1. The molecule has 0 radical (unpaired) electrons. The Kier molecular flexibility index (Phi) is 19.2. The molecule has 5 aliphatic rings. The van der Waals surface area contributed by atoms with Gasteiger partial charge < -0.3 is 14.6 Å².